The number of nitrogens with one attached hydrogen (secondary N) is 5. The second-order valence-electron chi connectivity index (χ2n) is 14.0. The molecule has 4 atom stereocenters. The molecule has 12 nitrogen and oxygen atoms in total. The van der Waals surface area contributed by atoms with Gasteiger partial charge in [-0.25, -0.2) is 9.78 Å². The predicted molar refractivity (Wildman–Crippen MR) is 211 cm³/mol. The van der Waals surface area contributed by atoms with Crippen LogP contribution in [0.25, 0.3) is 10.8 Å². The van der Waals surface area contributed by atoms with Crippen molar-refractivity contribution in [2.24, 2.45) is 5.92 Å². The molecule has 5 aromatic rings. The second kappa shape index (κ2) is 20.4. The zero-order valence-electron chi connectivity index (χ0n) is 31.2. The molecule has 0 aliphatic heterocycles. The van der Waals surface area contributed by atoms with E-state index in [2.05, 4.69) is 31.2 Å². The first-order chi connectivity index (χ1) is 26.6. The van der Waals surface area contributed by atoms with Gasteiger partial charge in [0.1, 0.15) is 18.7 Å². The van der Waals surface area contributed by atoms with Gasteiger partial charge in [-0.15, -0.1) is 0 Å². The SMILES string of the molecule is CC(C)CC(NC(=O)[C@H](Cc1c[nH]cn1)NC(=O)[C@H](Cc1cccc2ccccc12)NC(=O)OCc1ccccc1)C(O)CC(=O)NCCc1ccccc1. The minimum absolute atomic E-state index is 0.00405. The molecule has 55 heavy (non-hydrogen) atoms. The lowest BCUT2D eigenvalue weighted by atomic mass is 9.96. The van der Waals surface area contributed by atoms with Gasteiger partial charge >= 0.3 is 6.09 Å². The number of aromatic amines is 1. The number of aromatic nitrogens is 2. The molecule has 1 heterocycles. The van der Waals surface area contributed by atoms with E-state index >= 15 is 0 Å². The van der Waals surface area contributed by atoms with Crippen molar-refractivity contribution in [3.05, 3.63) is 138 Å². The Hall–Kier alpha value is -6.01. The molecule has 6 N–H and O–H groups in total. The van der Waals surface area contributed by atoms with Crippen LogP contribution in [0.1, 0.15) is 49.1 Å². The number of fused-ring (bicyclic) bond motifs is 1. The van der Waals surface area contributed by atoms with E-state index in [-0.39, 0.29) is 37.7 Å². The molecule has 2 unspecified atom stereocenters. The maximum atomic E-state index is 14.2. The highest BCUT2D eigenvalue weighted by molar-refractivity contribution is 5.93. The molecule has 0 saturated heterocycles. The zero-order valence-corrected chi connectivity index (χ0v) is 31.2. The van der Waals surface area contributed by atoms with E-state index < -0.39 is 42.1 Å². The number of alkyl carbamates (subject to hydrolysis) is 1. The van der Waals surface area contributed by atoms with Crippen molar-refractivity contribution in [3.8, 4) is 0 Å². The predicted octanol–water partition coefficient (Wildman–Crippen LogP) is 4.77. The highest BCUT2D eigenvalue weighted by atomic mass is 16.5. The second-order valence-corrected chi connectivity index (χ2v) is 14.0. The van der Waals surface area contributed by atoms with Gasteiger partial charge in [0.05, 0.1) is 30.6 Å². The summed E-state index contributed by atoms with van der Waals surface area (Å²) in [5.74, 6) is -1.45. The topological polar surface area (TPSA) is 175 Å². The summed E-state index contributed by atoms with van der Waals surface area (Å²) in [5, 5.41) is 24.5. The lowest BCUT2D eigenvalue weighted by Crippen LogP contribution is -2.57. The highest BCUT2D eigenvalue weighted by Crippen LogP contribution is 2.20. The summed E-state index contributed by atoms with van der Waals surface area (Å²) in [5.41, 5.74) is 3.19. The molecule has 4 aromatic carbocycles. The number of imidazole rings is 1. The van der Waals surface area contributed by atoms with E-state index in [0.29, 0.717) is 25.1 Å². The van der Waals surface area contributed by atoms with Crippen molar-refractivity contribution in [1.29, 1.82) is 0 Å². The quantitative estimate of drug-likeness (QED) is 0.0706. The molecular weight excluding hydrogens is 697 g/mol. The zero-order chi connectivity index (χ0) is 39.0. The normalized spacial score (nSPS) is 13.3. The first-order valence-corrected chi connectivity index (χ1v) is 18.7. The smallest absolute Gasteiger partial charge is 0.408 e. The molecule has 288 valence electrons. The van der Waals surface area contributed by atoms with Crippen molar-refractivity contribution < 1.29 is 29.0 Å². The lowest BCUT2D eigenvalue weighted by Gasteiger charge is -2.29. The Balaban J connectivity index is 1.30. The fourth-order valence-electron chi connectivity index (χ4n) is 6.40. The number of amides is 4. The number of aliphatic hydroxyl groups excluding tert-OH is 1. The molecule has 0 radical (unpaired) electrons. The number of H-pyrrole nitrogens is 1. The minimum atomic E-state index is -1.19. The molecule has 12 heteroatoms. The molecular formula is C43H50N6O6. The van der Waals surface area contributed by atoms with Crippen LogP contribution in [0.5, 0.6) is 0 Å². The molecule has 0 bridgehead atoms. The van der Waals surface area contributed by atoms with E-state index in [4.69, 9.17) is 4.74 Å². The van der Waals surface area contributed by atoms with Crippen LogP contribution in [-0.2, 0) is 45.0 Å². The third kappa shape index (κ3) is 12.8. The summed E-state index contributed by atoms with van der Waals surface area (Å²) >= 11 is 0. The van der Waals surface area contributed by atoms with Crippen LogP contribution < -0.4 is 21.3 Å². The van der Waals surface area contributed by atoms with Crippen molar-refractivity contribution >= 4 is 34.6 Å². The summed E-state index contributed by atoms with van der Waals surface area (Å²) in [6.07, 6.45) is 2.05. The number of aliphatic hydroxyl groups is 1. The molecule has 0 spiro atoms. The van der Waals surface area contributed by atoms with Crippen molar-refractivity contribution in [3.63, 3.8) is 0 Å². The van der Waals surface area contributed by atoms with Gasteiger partial charge in [-0.3, -0.25) is 14.4 Å². The molecule has 0 fully saturated rings. The number of hydrogen-bond acceptors (Lipinski definition) is 7. The fraction of sp³-hybridized carbons (Fsp3) is 0.326. The first kappa shape index (κ1) is 40.2. The van der Waals surface area contributed by atoms with Gasteiger partial charge in [0.2, 0.25) is 17.7 Å². The van der Waals surface area contributed by atoms with Gasteiger partial charge in [-0.1, -0.05) is 117 Å². The number of carbonyl (C=O) groups excluding carboxylic acids is 4. The number of ether oxygens (including phenoxy) is 1. The molecule has 0 saturated carbocycles. The number of rotatable bonds is 19. The van der Waals surface area contributed by atoms with Crippen molar-refractivity contribution in [1.82, 2.24) is 31.2 Å². The van der Waals surface area contributed by atoms with Gasteiger partial charge in [0.25, 0.3) is 0 Å². The first-order valence-electron chi connectivity index (χ1n) is 18.7. The molecule has 0 aliphatic carbocycles. The molecule has 5 rings (SSSR count). The van der Waals surface area contributed by atoms with Crippen LogP contribution >= 0.6 is 0 Å². The number of nitrogens with zero attached hydrogens (tertiary/aromatic N) is 1. The maximum absolute atomic E-state index is 14.2. The van der Waals surface area contributed by atoms with Crippen LogP contribution in [0, 0.1) is 5.92 Å². The fourth-order valence-corrected chi connectivity index (χ4v) is 6.40. The van der Waals surface area contributed by atoms with E-state index in [1.54, 1.807) is 6.20 Å². The standard InChI is InChI=1S/C43H50N6O6/c1-29(2)22-36(39(50)25-40(51)45-21-20-30-12-5-3-6-13-30)47-42(53)38(24-34-26-44-28-46-34)48-41(52)37(49-43(54)55-27-31-14-7-4-8-15-31)23-33-18-11-17-32-16-9-10-19-35(32)33/h3-19,26,28-29,36-39,50H,20-25,27H2,1-2H3,(H,44,46)(H,45,51)(H,47,53)(H,48,52)(H,49,54)/t36?,37-,38-,39?/m0/s1. The lowest BCUT2D eigenvalue weighted by molar-refractivity contribution is -0.131. The van der Waals surface area contributed by atoms with E-state index in [9.17, 15) is 24.3 Å². The van der Waals surface area contributed by atoms with Crippen LogP contribution in [0.2, 0.25) is 0 Å². The van der Waals surface area contributed by atoms with Gasteiger partial charge in [-0.05, 0) is 46.2 Å². The maximum Gasteiger partial charge on any atom is 0.408 e. The van der Waals surface area contributed by atoms with Crippen LogP contribution in [0.15, 0.2) is 116 Å². The Bertz CT molecular complexity index is 1970. The minimum Gasteiger partial charge on any atom is -0.445 e. The largest absolute Gasteiger partial charge is 0.445 e. The molecule has 0 aliphatic rings. The van der Waals surface area contributed by atoms with Gasteiger partial charge in [0, 0.05) is 25.6 Å². The Kier molecular flexibility index (Phi) is 14.9. The van der Waals surface area contributed by atoms with Crippen LogP contribution in [0.3, 0.4) is 0 Å². The Labute approximate surface area is 321 Å². The van der Waals surface area contributed by atoms with Gasteiger partial charge in [0.15, 0.2) is 0 Å². The monoisotopic (exact) mass is 746 g/mol. The van der Waals surface area contributed by atoms with Crippen LogP contribution in [0.4, 0.5) is 4.79 Å². The number of hydrogen-bond donors (Lipinski definition) is 6. The number of carbonyl (C=O) groups is 4. The van der Waals surface area contributed by atoms with Gasteiger partial charge in [-0.2, -0.15) is 0 Å². The summed E-state index contributed by atoms with van der Waals surface area (Å²) in [6, 6.07) is 29.4. The van der Waals surface area contributed by atoms with E-state index in [0.717, 1.165) is 27.5 Å². The average molecular weight is 747 g/mol. The summed E-state index contributed by atoms with van der Waals surface area (Å²) in [7, 11) is 0. The van der Waals surface area contributed by atoms with Crippen molar-refractivity contribution in [2.75, 3.05) is 6.54 Å². The molecule has 1 aromatic heterocycles. The van der Waals surface area contributed by atoms with Gasteiger partial charge < -0.3 is 36.1 Å². The van der Waals surface area contributed by atoms with E-state index in [1.807, 2.05) is 117 Å². The van der Waals surface area contributed by atoms with Crippen LogP contribution in [-0.4, -0.2) is 69.7 Å². The number of benzene rings is 4. The summed E-state index contributed by atoms with van der Waals surface area (Å²) in [4.78, 5) is 61.4. The summed E-state index contributed by atoms with van der Waals surface area (Å²) < 4.78 is 5.48. The van der Waals surface area contributed by atoms with Crippen molar-refractivity contribution in [2.45, 2.75) is 76.8 Å². The highest BCUT2D eigenvalue weighted by Gasteiger charge is 2.32. The average Bonchev–Trinajstić information content (AvgIpc) is 3.70. The third-order valence-corrected chi connectivity index (χ3v) is 9.22. The Morgan fingerprint density at radius 2 is 1.42 bits per heavy atom. The Morgan fingerprint density at radius 1 is 0.764 bits per heavy atom. The van der Waals surface area contributed by atoms with E-state index in [1.165, 1.54) is 6.33 Å². The molecule has 4 amide bonds. The summed E-state index contributed by atoms with van der Waals surface area (Å²) in [6.45, 7) is 4.32. The Morgan fingerprint density at radius 3 is 2.13 bits per heavy atom. The third-order valence-electron chi connectivity index (χ3n) is 9.22.